The molecule has 1 aliphatic rings. The fraction of sp³-hybridized carbons (Fsp3) is 0.0435. The molecular weight excluding hydrogens is 444 g/mol. The van der Waals surface area contributed by atoms with Crippen LogP contribution in [0.4, 0.5) is 14.5 Å². The predicted octanol–water partition coefficient (Wildman–Crippen LogP) is 5.74. The molecule has 1 aliphatic heterocycles. The molecule has 0 bridgehead atoms. The topological polar surface area (TPSA) is 83.9 Å². The lowest BCUT2D eigenvalue weighted by Crippen LogP contribution is -2.31. The summed E-state index contributed by atoms with van der Waals surface area (Å²) in [5.74, 6) is -4.89. The molecule has 0 spiro atoms. The highest BCUT2D eigenvalue weighted by molar-refractivity contribution is 6.31. The fourth-order valence-electron chi connectivity index (χ4n) is 3.71. The van der Waals surface area contributed by atoms with Gasteiger partial charge in [-0.15, -0.1) is 0 Å². The van der Waals surface area contributed by atoms with Gasteiger partial charge in [0.15, 0.2) is 23.2 Å². The minimum Gasteiger partial charge on any atom is -0.503 e. The third-order valence-corrected chi connectivity index (χ3v) is 5.38. The van der Waals surface area contributed by atoms with E-state index in [4.69, 9.17) is 20.4 Å². The number of anilines is 1. The first kappa shape index (κ1) is 20.0. The number of fused-ring (bicyclic) bond motifs is 1. The molecule has 3 heterocycles. The van der Waals surface area contributed by atoms with Gasteiger partial charge in [-0.3, -0.25) is 14.5 Å². The number of Topliss-reactive ketones (excluding diaryl/α,β-unsaturated/α-hetero) is 1. The molecule has 0 radical (unpaired) electrons. The molecule has 2 aromatic carbocycles. The van der Waals surface area contributed by atoms with Crippen molar-refractivity contribution in [3.05, 3.63) is 100 Å². The van der Waals surface area contributed by atoms with Gasteiger partial charge in [0.2, 0.25) is 5.78 Å². The Bertz CT molecular complexity index is 1420. The first-order chi connectivity index (χ1) is 15.3. The molecule has 1 atom stereocenters. The number of nitrogens with zero attached hydrogens (tertiary/aromatic N) is 1. The van der Waals surface area contributed by atoms with Crippen LogP contribution in [0.25, 0.3) is 11.0 Å². The first-order valence-corrected chi connectivity index (χ1v) is 9.72. The number of aliphatic hydroxyl groups is 1. The van der Waals surface area contributed by atoms with Crippen LogP contribution in [-0.2, 0) is 4.79 Å². The average molecular weight is 456 g/mol. The molecule has 0 saturated heterocycles. The molecule has 0 saturated carbocycles. The van der Waals surface area contributed by atoms with Gasteiger partial charge >= 0.3 is 0 Å². The van der Waals surface area contributed by atoms with E-state index in [-0.39, 0.29) is 22.8 Å². The molecule has 0 aliphatic carbocycles. The van der Waals surface area contributed by atoms with Crippen LogP contribution in [0, 0.1) is 11.6 Å². The smallest absolute Gasteiger partial charge is 0.294 e. The van der Waals surface area contributed by atoms with Gasteiger partial charge in [-0.05, 0) is 48.5 Å². The summed E-state index contributed by atoms with van der Waals surface area (Å²) in [5.41, 5.74) is -0.00459. The lowest BCUT2D eigenvalue weighted by Gasteiger charge is -2.24. The number of benzene rings is 2. The van der Waals surface area contributed by atoms with Crippen molar-refractivity contribution in [2.75, 3.05) is 4.90 Å². The van der Waals surface area contributed by atoms with Crippen LogP contribution in [-0.4, -0.2) is 16.8 Å². The Morgan fingerprint density at radius 2 is 1.88 bits per heavy atom. The largest absolute Gasteiger partial charge is 0.503 e. The summed E-state index contributed by atoms with van der Waals surface area (Å²) < 4.78 is 38.3. The zero-order valence-corrected chi connectivity index (χ0v) is 16.8. The molecule has 0 fully saturated rings. The van der Waals surface area contributed by atoms with Gasteiger partial charge < -0.3 is 13.9 Å². The minimum atomic E-state index is -1.23. The van der Waals surface area contributed by atoms with Gasteiger partial charge in [-0.25, -0.2) is 8.78 Å². The van der Waals surface area contributed by atoms with Crippen LogP contribution in [0.1, 0.15) is 22.4 Å². The molecule has 4 aromatic rings. The lowest BCUT2D eigenvalue weighted by molar-refractivity contribution is -0.117. The van der Waals surface area contributed by atoms with Crippen molar-refractivity contribution < 1.29 is 32.3 Å². The van der Waals surface area contributed by atoms with Crippen LogP contribution in [0.5, 0.6) is 0 Å². The monoisotopic (exact) mass is 455 g/mol. The van der Waals surface area contributed by atoms with Gasteiger partial charge in [-0.2, -0.15) is 0 Å². The Morgan fingerprint density at radius 3 is 2.59 bits per heavy atom. The Morgan fingerprint density at radius 1 is 1.06 bits per heavy atom. The van der Waals surface area contributed by atoms with Crippen molar-refractivity contribution in [1.82, 2.24) is 0 Å². The Kier molecular flexibility index (Phi) is 4.60. The maximum Gasteiger partial charge on any atom is 0.294 e. The summed E-state index contributed by atoms with van der Waals surface area (Å²) in [7, 11) is 0. The maximum absolute atomic E-state index is 13.9. The molecule has 9 heteroatoms. The molecule has 1 amide bonds. The first-order valence-electron chi connectivity index (χ1n) is 9.34. The van der Waals surface area contributed by atoms with Gasteiger partial charge in [0.05, 0.1) is 11.8 Å². The third-order valence-electron chi connectivity index (χ3n) is 5.15. The Balaban J connectivity index is 1.64. The molecule has 6 nitrogen and oxygen atoms in total. The van der Waals surface area contributed by atoms with Gasteiger partial charge in [0.25, 0.3) is 5.91 Å². The molecule has 160 valence electrons. The number of hydrogen-bond acceptors (Lipinski definition) is 5. The van der Waals surface area contributed by atoms with E-state index in [1.807, 2.05) is 0 Å². The summed E-state index contributed by atoms with van der Waals surface area (Å²) in [6.45, 7) is 0. The summed E-state index contributed by atoms with van der Waals surface area (Å²) in [6.07, 6.45) is 1.32. The van der Waals surface area contributed by atoms with Crippen molar-refractivity contribution in [3.63, 3.8) is 0 Å². The summed E-state index contributed by atoms with van der Waals surface area (Å²) in [6, 6.07) is 10.8. The second kappa shape index (κ2) is 7.35. The van der Waals surface area contributed by atoms with E-state index in [2.05, 4.69) is 0 Å². The number of amides is 1. The normalized spacial score (nSPS) is 16.4. The maximum atomic E-state index is 13.9. The van der Waals surface area contributed by atoms with Crippen LogP contribution in [0.3, 0.4) is 0 Å². The average Bonchev–Trinajstić information content (AvgIpc) is 3.49. The zero-order chi connectivity index (χ0) is 22.6. The second-order valence-corrected chi connectivity index (χ2v) is 7.51. The van der Waals surface area contributed by atoms with E-state index in [9.17, 15) is 23.5 Å². The van der Waals surface area contributed by atoms with Crippen LogP contribution in [0.15, 0.2) is 81.0 Å². The standard InChI is InChI=1S/C23H12ClF2NO5/c24-12-3-6-16-11(8-12)9-18(32-16)21(28)19-20(17-2-1-7-31-17)27(23(30)22(19)29)13-4-5-14(25)15(26)10-13/h1-10,20,29H. The van der Waals surface area contributed by atoms with E-state index in [0.717, 1.165) is 23.1 Å². The summed E-state index contributed by atoms with van der Waals surface area (Å²) in [5, 5.41) is 11.6. The highest BCUT2D eigenvalue weighted by Gasteiger charge is 2.47. The van der Waals surface area contributed by atoms with Gasteiger partial charge in [0.1, 0.15) is 17.4 Å². The van der Waals surface area contributed by atoms with E-state index < -0.39 is 35.1 Å². The third kappa shape index (κ3) is 3.07. The number of hydrogen-bond donors (Lipinski definition) is 1. The van der Waals surface area contributed by atoms with Crippen molar-refractivity contribution in [3.8, 4) is 0 Å². The van der Waals surface area contributed by atoms with Crippen molar-refractivity contribution >= 4 is 39.9 Å². The van der Waals surface area contributed by atoms with E-state index in [1.165, 1.54) is 24.5 Å². The SMILES string of the molecule is O=C(C1=C(O)C(=O)N(c2ccc(F)c(F)c2)C1c1ccco1)c1cc2cc(Cl)ccc2o1. The predicted molar refractivity (Wildman–Crippen MR) is 111 cm³/mol. The molecule has 32 heavy (non-hydrogen) atoms. The molecular formula is C23H12ClF2NO5. The van der Waals surface area contributed by atoms with Crippen molar-refractivity contribution in [2.45, 2.75) is 6.04 Å². The van der Waals surface area contributed by atoms with E-state index in [1.54, 1.807) is 18.2 Å². The molecule has 2 aromatic heterocycles. The van der Waals surface area contributed by atoms with Crippen molar-refractivity contribution in [1.29, 1.82) is 0 Å². The summed E-state index contributed by atoms with van der Waals surface area (Å²) in [4.78, 5) is 27.3. The highest BCUT2D eigenvalue weighted by Crippen LogP contribution is 2.42. The Hall–Kier alpha value is -3.91. The van der Waals surface area contributed by atoms with Crippen LogP contribution < -0.4 is 4.90 Å². The number of halogens is 3. The second-order valence-electron chi connectivity index (χ2n) is 7.08. The minimum absolute atomic E-state index is 0.0685. The van der Waals surface area contributed by atoms with Crippen LogP contribution >= 0.6 is 11.6 Å². The Labute approximate surface area is 183 Å². The lowest BCUT2D eigenvalue weighted by atomic mass is 9.99. The van der Waals surface area contributed by atoms with E-state index >= 15 is 0 Å². The highest BCUT2D eigenvalue weighted by atomic mass is 35.5. The quantitative estimate of drug-likeness (QED) is 0.397. The fourth-order valence-corrected chi connectivity index (χ4v) is 3.89. The van der Waals surface area contributed by atoms with Gasteiger partial charge in [-0.1, -0.05) is 11.6 Å². The van der Waals surface area contributed by atoms with Crippen molar-refractivity contribution in [2.24, 2.45) is 0 Å². The zero-order valence-electron chi connectivity index (χ0n) is 16.0. The number of ketones is 1. The van der Waals surface area contributed by atoms with Gasteiger partial charge in [0, 0.05) is 22.2 Å². The molecule has 5 rings (SSSR count). The number of carbonyl (C=O) groups excluding carboxylic acids is 2. The molecule has 1 unspecified atom stereocenters. The number of carbonyl (C=O) groups is 2. The number of aliphatic hydroxyl groups excluding tert-OH is 1. The van der Waals surface area contributed by atoms with Crippen LogP contribution in [0.2, 0.25) is 5.02 Å². The molecule has 1 N–H and O–H groups in total. The van der Waals surface area contributed by atoms with E-state index in [0.29, 0.717) is 16.0 Å². The summed E-state index contributed by atoms with van der Waals surface area (Å²) >= 11 is 5.98. The number of rotatable bonds is 4. The number of furan rings is 2.